The van der Waals surface area contributed by atoms with Crippen LogP contribution in [0.1, 0.15) is 10.4 Å². The number of carbonyl (C=O) groups is 2. The molecule has 0 radical (unpaired) electrons. The minimum absolute atomic E-state index is 0.0174. The highest BCUT2D eigenvalue weighted by molar-refractivity contribution is 5.90. The molecule has 0 spiro atoms. The molecule has 0 heterocycles. The summed E-state index contributed by atoms with van der Waals surface area (Å²) in [7, 11) is 3.01. The van der Waals surface area contributed by atoms with Crippen molar-refractivity contribution >= 4 is 12.1 Å². The smallest absolute Gasteiger partial charge is 0.414 e. The van der Waals surface area contributed by atoms with E-state index in [1.807, 2.05) is 0 Å². The molecule has 0 aliphatic heterocycles. The van der Waals surface area contributed by atoms with E-state index in [4.69, 9.17) is 4.74 Å². The number of rotatable bonds is 2. The maximum Gasteiger partial charge on any atom is 0.414 e. The average Bonchev–Trinajstić information content (AvgIpc) is 2.18. The third-order valence-corrected chi connectivity index (χ3v) is 1.67. The van der Waals surface area contributed by atoms with Crippen molar-refractivity contribution in [2.45, 2.75) is 0 Å². The predicted molar refractivity (Wildman–Crippen MR) is 50.5 cm³/mol. The first-order chi connectivity index (χ1) is 7.02. The lowest BCUT2D eigenvalue weighted by molar-refractivity contribution is -0.255. The lowest BCUT2D eigenvalue weighted by Crippen LogP contribution is -2.28. The molecule has 0 bridgehead atoms. The highest BCUT2D eigenvalue weighted by Gasteiger charge is 2.10. The molecule has 0 saturated heterocycles. The second kappa shape index (κ2) is 4.45. The fourth-order valence-corrected chi connectivity index (χ4v) is 0.910. The zero-order chi connectivity index (χ0) is 11.4. The summed E-state index contributed by atoms with van der Waals surface area (Å²) in [5, 5.41) is 10.7. The van der Waals surface area contributed by atoms with Gasteiger partial charge in [-0.3, -0.25) is 0 Å². The molecule has 80 valence electrons. The fraction of sp³-hybridized carbons (Fsp3) is 0.200. The van der Waals surface area contributed by atoms with E-state index < -0.39 is 12.1 Å². The molecule has 5 heteroatoms. The molecule has 0 aromatic heterocycles. The Morgan fingerprint density at radius 1 is 1.27 bits per heavy atom. The molecule has 1 aromatic rings. The number of benzene rings is 1. The molecule has 0 aliphatic rings. The molecule has 1 amide bonds. The zero-order valence-corrected chi connectivity index (χ0v) is 8.39. The summed E-state index contributed by atoms with van der Waals surface area (Å²) in [6.07, 6.45) is -0.635. The molecule has 1 rings (SSSR count). The standard InChI is InChI=1S/C10H11NO4/c1-11(2)10(14)15-8-6-4-3-5-7(8)9(12)13/h3-6H,1-2H3,(H,12,13)/p-1. The number of hydrogen-bond acceptors (Lipinski definition) is 4. The minimum Gasteiger partial charge on any atom is -0.545 e. The lowest BCUT2D eigenvalue weighted by Gasteiger charge is -2.13. The average molecular weight is 208 g/mol. The number of aromatic carboxylic acids is 1. The van der Waals surface area contributed by atoms with Crippen molar-refractivity contribution in [3.8, 4) is 5.75 Å². The molecule has 5 nitrogen and oxygen atoms in total. The van der Waals surface area contributed by atoms with Gasteiger partial charge in [-0.1, -0.05) is 12.1 Å². The quantitative estimate of drug-likeness (QED) is 0.691. The largest absolute Gasteiger partial charge is 0.545 e. The van der Waals surface area contributed by atoms with Crippen LogP contribution in [0.4, 0.5) is 4.79 Å². The summed E-state index contributed by atoms with van der Waals surface area (Å²) in [5.41, 5.74) is -0.146. The van der Waals surface area contributed by atoms with Crippen LogP contribution in [0, 0.1) is 0 Å². The fourth-order valence-electron chi connectivity index (χ4n) is 0.910. The van der Waals surface area contributed by atoms with Crippen molar-refractivity contribution < 1.29 is 19.4 Å². The van der Waals surface area contributed by atoms with Crippen LogP contribution in [-0.2, 0) is 0 Å². The number of ether oxygens (including phenoxy) is 1. The van der Waals surface area contributed by atoms with Crippen molar-refractivity contribution in [2.75, 3.05) is 14.1 Å². The van der Waals surface area contributed by atoms with Crippen LogP contribution in [0.3, 0.4) is 0 Å². The SMILES string of the molecule is CN(C)C(=O)Oc1ccccc1C(=O)[O-]. The monoisotopic (exact) mass is 208 g/mol. The van der Waals surface area contributed by atoms with E-state index in [1.165, 1.54) is 37.2 Å². The number of carbonyl (C=O) groups excluding carboxylic acids is 2. The Labute approximate surface area is 86.9 Å². The van der Waals surface area contributed by atoms with Gasteiger partial charge in [0.1, 0.15) is 5.75 Å². The first-order valence-electron chi connectivity index (χ1n) is 4.22. The van der Waals surface area contributed by atoms with Crippen LogP contribution >= 0.6 is 0 Å². The first-order valence-corrected chi connectivity index (χ1v) is 4.22. The first kappa shape index (κ1) is 11.0. The van der Waals surface area contributed by atoms with E-state index in [0.29, 0.717) is 0 Å². The molecule has 1 aromatic carbocycles. The van der Waals surface area contributed by atoms with E-state index in [-0.39, 0.29) is 11.3 Å². The summed E-state index contributed by atoms with van der Waals surface area (Å²) in [6.45, 7) is 0. The Kier molecular flexibility index (Phi) is 3.28. The van der Waals surface area contributed by atoms with Crippen LogP contribution in [0.5, 0.6) is 5.75 Å². The van der Waals surface area contributed by atoms with Gasteiger partial charge in [-0.05, 0) is 12.1 Å². The number of nitrogens with zero attached hydrogens (tertiary/aromatic N) is 1. The number of amides is 1. The zero-order valence-electron chi connectivity index (χ0n) is 8.39. The van der Waals surface area contributed by atoms with Gasteiger partial charge in [-0.15, -0.1) is 0 Å². The molecule has 0 N–H and O–H groups in total. The van der Waals surface area contributed by atoms with Crippen molar-refractivity contribution in [3.63, 3.8) is 0 Å². The predicted octanol–water partition coefficient (Wildman–Crippen LogP) is 0.111. The molecule has 0 saturated carbocycles. The van der Waals surface area contributed by atoms with Gasteiger partial charge >= 0.3 is 6.09 Å². The Morgan fingerprint density at radius 2 is 1.87 bits per heavy atom. The van der Waals surface area contributed by atoms with E-state index in [2.05, 4.69) is 0 Å². The van der Waals surface area contributed by atoms with Crippen LogP contribution in [0.25, 0.3) is 0 Å². The van der Waals surface area contributed by atoms with Gasteiger partial charge in [0, 0.05) is 19.7 Å². The highest BCUT2D eigenvalue weighted by Crippen LogP contribution is 2.17. The van der Waals surface area contributed by atoms with E-state index in [1.54, 1.807) is 6.07 Å². The molecule has 0 aliphatic carbocycles. The maximum atomic E-state index is 11.2. The van der Waals surface area contributed by atoms with Gasteiger partial charge in [0.2, 0.25) is 0 Å². The Morgan fingerprint density at radius 3 is 2.40 bits per heavy atom. The summed E-state index contributed by atoms with van der Waals surface area (Å²) in [4.78, 5) is 23.0. The van der Waals surface area contributed by atoms with E-state index >= 15 is 0 Å². The Bertz CT molecular complexity index is 387. The van der Waals surface area contributed by atoms with Gasteiger partial charge in [0.15, 0.2) is 0 Å². The molecule has 15 heavy (non-hydrogen) atoms. The Hall–Kier alpha value is -2.04. The number of carboxylic acid groups (broad SMARTS) is 1. The summed E-state index contributed by atoms with van der Waals surface area (Å²) in [6, 6.07) is 5.81. The minimum atomic E-state index is -1.38. The van der Waals surface area contributed by atoms with Crippen LogP contribution in [0.15, 0.2) is 24.3 Å². The molecule has 0 atom stereocenters. The van der Waals surface area contributed by atoms with Crippen LogP contribution < -0.4 is 9.84 Å². The van der Waals surface area contributed by atoms with Gasteiger partial charge in [0.25, 0.3) is 0 Å². The van der Waals surface area contributed by atoms with Crippen molar-refractivity contribution in [1.82, 2.24) is 4.90 Å². The van der Waals surface area contributed by atoms with Crippen molar-refractivity contribution in [2.24, 2.45) is 0 Å². The summed E-state index contributed by atoms with van der Waals surface area (Å²) in [5.74, 6) is -1.40. The van der Waals surface area contributed by atoms with Gasteiger partial charge in [0.05, 0.1) is 5.97 Å². The second-order valence-electron chi connectivity index (χ2n) is 3.05. The van der Waals surface area contributed by atoms with Gasteiger partial charge in [-0.25, -0.2) is 4.79 Å². The second-order valence-corrected chi connectivity index (χ2v) is 3.05. The summed E-state index contributed by atoms with van der Waals surface area (Å²) >= 11 is 0. The van der Waals surface area contributed by atoms with E-state index in [9.17, 15) is 14.7 Å². The number of hydrogen-bond donors (Lipinski definition) is 0. The Balaban J connectivity index is 2.94. The third kappa shape index (κ3) is 2.70. The number of carboxylic acids is 1. The third-order valence-electron chi connectivity index (χ3n) is 1.67. The maximum absolute atomic E-state index is 11.2. The summed E-state index contributed by atoms with van der Waals surface area (Å²) < 4.78 is 4.83. The molecular formula is C10H10NO4-. The van der Waals surface area contributed by atoms with E-state index in [0.717, 1.165) is 0 Å². The van der Waals surface area contributed by atoms with Crippen LogP contribution in [0.2, 0.25) is 0 Å². The number of para-hydroxylation sites is 1. The highest BCUT2D eigenvalue weighted by atomic mass is 16.6. The van der Waals surface area contributed by atoms with Crippen molar-refractivity contribution in [1.29, 1.82) is 0 Å². The van der Waals surface area contributed by atoms with Gasteiger partial charge < -0.3 is 19.5 Å². The normalized spacial score (nSPS) is 9.47. The lowest BCUT2D eigenvalue weighted by atomic mass is 10.2. The molecule has 0 unspecified atom stereocenters. The molecular weight excluding hydrogens is 198 g/mol. The van der Waals surface area contributed by atoms with Crippen LogP contribution in [-0.4, -0.2) is 31.1 Å². The molecule has 0 fully saturated rings. The topological polar surface area (TPSA) is 69.7 Å². The van der Waals surface area contributed by atoms with Crippen molar-refractivity contribution in [3.05, 3.63) is 29.8 Å². The van der Waals surface area contributed by atoms with Gasteiger partial charge in [-0.2, -0.15) is 0 Å².